The molecule has 0 aliphatic heterocycles. The van der Waals surface area contributed by atoms with Gasteiger partial charge in [-0.3, -0.25) is 4.72 Å². The molecule has 4 nitrogen and oxygen atoms in total. The third-order valence-electron chi connectivity index (χ3n) is 5.40. The Morgan fingerprint density at radius 3 is 2.29 bits per heavy atom. The molecule has 0 bridgehead atoms. The van der Waals surface area contributed by atoms with Crippen LogP contribution in [-0.4, -0.2) is 13.4 Å². The number of nitrogens with one attached hydrogen (secondary N) is 1. The molecule has 1 N–H and O–H groups in total. The summed E-state index contributed by atoms with van der Waals surface area (Å²) in [5.41, 5.74) is 4.03. The maximum absolute atomic E-state index is 13.0. The predicted molar refractivity (Wildman–Crippen MR) is 142 cm³/mol. The molecule has 1 heterocycles. The molecule has 0 spiro atoms. The zero-order valence-electron chi connectivity index (χ0n) is 17.7. The molecular formula is C27H18Cl2N2O2S. The minimum atomic E-state index is -3.95. The highest BCUT2D eigenvalue weighted by Crippen LogP contribution is 2.32. The fourth-order valence-electron chi connectivity index (χ4n) is 3.80. The van der Waals surface area contributed by atoms with Gasteiger partial charge in [0.25, 0.3) is 10.0 Å². The lowest BCUT2D eigenvalue weighted by molar-refractivity contribution is 0.601. The van der Waals surface area contributed by atoms with Gasteiger partial charge in [0.2, 0.25) is 0 Å². The van der Waals surface area contributed by atoms with Crippen molar-refractivity contribution >= 4 is 72.9 Å². The van der Waals surface area contributed by atoms with E-state index in [0.29, 0.717) is 5.69 Å². The van der Waals surface area contributed by atoms with E-state index in [1.54, 1.807) is 24.3 Å². The number of para-hydroxylation sites is 1. The molecule has 0 saturated carbocycles. The first-order valence-electron chi connectivity index (χ1n) is 10.4. The van der Waals surface area contributed by atoms with Crippen molar-refractivity contribution < 1.29 is 8.42 Å². The van der Waals surface area contributed by atoms with Crippen molar-refractivity contribution in [3.8, 4) is 0 Å². The highest BCUT2D eigenvalue weighted by Gasteiger charge is 2.19. The summed E-state index contributed by atoms with van der Waals surface area (Å²) >= 11 is 12.1. The van der Waals surface area contributed by atoms with Crippen LogP contribution in [0.25, 0.3) is 34.0 Å². The Morgan fingerprint density at radius 2 is 1.47 bits per heavy atom. The van der Waals surface area contributed by atoms with E-state index in [-0.39, 0.29) is 14.9 Å². The summed E-state index contributed by atoms with van der Waals surface area (Å²) in [6, 6.07) is 27.5. The fraction of sp³-hybridized carbons (Fsp3) is 0. The van der Waals surface area contributed by atoms with Crippen molar-refractivity contribution in [2.45, 2.75) is 4.90 Å². The van der Waals surface area contributed by atoms with Crippen molar-refractivity contribution in [2.24, 2.45) is 0 Å². The van der Waals surface area contributed by atoms with Gasteiger partial charge in [-0.1, -0.05) is 83.9 Å². The number of benzene rings is 4. The van der Waals surface area contributed by atoms with Crippen LogP contribution in [0.1, 0.15) is 11.1 Å². The van der Waals surface area contributed by atoms with Gasteiger partial charge in [0.05, 0.1) is 16.1 Å². The molecule has 0 atom stereocenters. The standard InChI is InChI=1S/C27H18Cl2N2O2S/c28-19-11-14-24(29)27(16-19)34(32,33)31-20-12-15-26-23(17-20)21(13-10-18-6-2-1-3-7-18)22-8-4-5-9-25(22)30-26/h1-17,31H/b13-10+. The highest BCUT2D eigenvalue weighted by molar-refractivity contribution is 7.92. The molecular weight excluding hydrogens is 487 g/mol. The van der Waals surface area contributed by atoms with Gasteiger partial charge in [0.1, 0.15) is 4.90 Å². The molecule has 5 aromatic rings. The first-order valence-corrected chi connectivity index (χ1v) is 12.7. The normalized spacial score (nSPS) is 11.9. The summed E-state index contributed by atoms with van der Waals surface area (Å²) in [4.78, 5) is 4.68. The molecule has 0 radical (unpaired) electrons. The molecule has 0 amide bonds. The van der Waals surface area contributed by atoms with Gasteiger partial charge in [0, 0.05) is 21.5 Å². The summed E-state index contributed by atoms with van der Waals surface area (Å²) < 4.78 is 28.7. The maximum Gasteiger partial charge on any atom is 0.263 e. The number of rotatable bonds is 5. The lowest BCUT2D eigenvalue weighted by Crippen LogP contribution is -2.13. The number of sulfonamides is 1. The van der Waals surface area contributed by atoms with E-state index in [4.69, 9.17) is 28.2 Å². The first-order chi connectivity index (χ1) is 16.4. The molecule has 0 aliphatic carbocycles. The van der Waals surface area contributed by atoms with E-state index in [0.717, 1.165) is 32.9 Å². The first kappa shape index (κ1) is 22.4. The molecule has 7 heteroatoms. The largest absolute Gasteiger partial charge is 0.280 e. The van der Waals surface area contributed by atoms with Gasteiger partial charge in [-0.2, -0.15) is 0 Å². The number of pyridine rings is 1. The van der Waals surface area contributed by atoms with Gasteiger partial charge in [-0.15, -0.1) is 0 Å². The summed E-state index contributed by atoms with van der Waals surface area (Å²) in [7, 11) is -3.95. The Hall–Kier alpha value is -3.38. The third kappa shape index (κ3) is 4.50. The van der Waals surface area contributed by atoms with Gasteiger partial charge in [-0.25, -0.2) is 13.4 Å². The number of anilines is 1. The maximum atomic E-state index is 13.0. The molecule has 0 unspecified atom stereocenters. The van der Waals surface area contributed by atoms with Crippen LogP contribution >= 0.6 is 23.2 Å². The van der Waals surface area contributed by atoms with E-state index < -0.39 is 10.0 Å². The average molecular weight is 505 g/mol. The topological polar surface area (TPSA) is 59.1 Å². The molecule has 0 aliphatic rings. The average Bonchev–Trinajstić information content (AvgIpc) is 2.84. The molecule has 4 aromatic carbocycles. The van der Waals surface area contributed by atoms with E-state index >= 15 is 0 Å². The SMILES string of the molecule is O=S(=O)(Nc1ccc2nc3ccccc3c(/C=C/c3ccccc3)c2c1)c1cc(Cl)ccc1Cl. The second kappa shape index (κ2) is 9.11. The van der Waals surface area contributed by atoms with Crippen LogP contribution in [0.3, 0.4) is 0 Å². The number of halogens is 2. The molecule has 5 rings (SSSR count). The zero-order chi connectivity index (χ0) is 23.7. The van der Waals surface area contributed by atoms with E-state index in [1.807, 2.05) is 66.7 Å². The Labute approximate surface area is 207 Å². The van der Waals surface area contributed by atoms with Crippen molar-refractivity contribution in [3.63, 3.8) is 0 Å². The zero-order valence-corrected chi connectivity index (χ0v) is 20.1. The summed E-state index contributed by atoms with van der Waals surface area (Å²) in [6.07, 6.45) is 4.07. The van der Waals surface area contributed by atoms with E-state index in [9.17, 15) is 8.42 Å². The second-order valence-corrected chi connectivity index (χ2v) is 10.2. The quantitative estimate of drug-likeness (QED) is 0.250. The van der Waals surface area contributed by atoms with Gasteiger partial charge in [-0.05, 0) is 53.6 Å². The third-order valence-corrected chi connectivity index (χ3v) is 7.50. The Balaban J connectivity index is 1.64. The van der Waals surface area contributed by atoms with Crippen LogP contribution in [0.4, 0.5) is 5.69 Å². The highest BCUT2D eigenvalue weighted by atomic mass is 35.5. The van der Waals surface area contributed by atoms with Crippen molar-refractivity contribution in [3.05, 3.63) is 112 Å². The number of hydrogen-bond donors (Lipinski definition) is 1. The molecule has 34 heavy (non-hydrogen) atoms. The van der Waals surface area contributed by atoms with Crippen molar-refractivity contribution in [1.82, 2.24) is 4.98 Å². The van der Waals surface area contributed by atoms with Crippen LogP contribution in [0.15, 0.2) is 95.9 Å². The van der Waals surface area contributed by atoms with Crippen LogP contribution in [0, 0.1) is 0 Å². The Bertz CT molecular complexity index is 1670. The minimum absolute atomic E-state index is 0.0809. The monoisotopic (exact) mass is 504 g/mol. The van der Waals surface area contributed by atoms with Gasteiger partial charge in [0.15, 0.2) is 0 Å². The minimum Gasteiger partial charge on any atom is -0.280 e. The predicted octanol–water partition coefficient (Wildman–Crippen LogP) is 7.67. The Morgan fingerprint density at radius 1 is 0.735 bits per heavy atom. The number of nitrogens with zero attached hydrogens (tertiary/aromatic N) is 1. The van der Waals surface area contributed by atoms with E-state index in [2.05, 4.69) is 4.72 Å². The van der Waals surface area contributed by atoms with Crippen molar-refractivity contribution in [1.29, 1.82) is 0 Å². The fourth-order valence-corrected chi connectivity index (χ4v) is 5.62. The summed E-state index contributed by atoms with van der Waals surface area (Å²) in [6.45, 7) is 0. The summed E-state index contributed by atoms with van der Waals surface area (Å²) in [5.74, 6) is 0. The van der Waals surface area contributed by atoms with Crippen molar-refractivity contribution in [2.75, 3.05) is 4.72 Å². The van der Waals surface area contributed by atoms with E-state index in [1.165, 1.54) is 12.1 Å². The van der Waals surface area contributed by atoms with Crippen LogP contribution < -0.4 is 4.72 Å². The molecule has 0 fully saturated rings. The number of fused-ring (bicyclic) bond motifs is 2. The second-order valence-electron chi connectivity index (χ2n) is 7.70. The smallest absolute Gasteiger partial charge is 0.263 e. The lowest BCUT2D eigenvalue weighted by Gasteiger charge is -2.12. The van der Waals surface area contributed by atoms with Crippen LogP contribution in [0.5, 0.6) is 0 Å². The van der Waals surface area contributed by atoms with Crippen LogP contribution in [-0.2, 0) is 10.0 Å². The summed E-state index contributed by atoms with van der Waals surface area (Å²) in [5, 5.41) is 2.17. The van der Waals surface area contributed by atoms with Crippen LogP contribution in [0.2, 0.25) is 10.0 Å². The van der Waals surface area contributed by atoms with Gasteiger partial charge >= 0.3 is 0 Å². The Kier molecular flexibility index (Phi) is 6.00. The molecule has 1 aromatic heterocycles. The number of aromatic nitrogens is 1. The molecule has 168 valence electrons. The lowest BCUT2D eigenvalue weighted by atomic mass is 10.0. The molecule has 0 saturated heterocycles. The van der Waals surface area contributed by atoms with Gasteiger partial charge < -0.3 is 0 Å². The number of hydrogen-bond acceptors (Lipinski definition) is 3.